The minimum Gasteiger partial charge on any atom is -0.314 e. The zero-order chi connectivity index (χ0) is 12.3. The van der Waals surface area contributed by atoms with Crippen LogP contribution in [0.4, 0.5) is 0 Å². The molecule has 1 aliphatic carbocycles. The molecular weight excluding hydrogens is 236 g/mol. The standard InChI is InChI=1S/C11H20N4OS/c1-3-6-12-8-4-5-9(7-8)17-11-14-13-10(16)15(11)2/h8-9,12H,3-7H2,1-2H3,(H,13,16). The van der Waals surface area contributed by atoms with Crippen LogP contribution in [0.1, 0.15) is 32.6 Å². The van der Waals surface area contributed by atoms with Crippen LogP contribution < -0.4 is 11.0 Å². The van der Waals surface area contributed by atoms with Crippen LogP contribution in [0.2, 0.25) is 0 Å². The molecule has 17 heavy (non-hydrogen) atoms. The van der Waals surface area contributed by atoms with E-state index in [1.807, 2.05) is 0 Å². The molecule has 0 aliphatic heterocycles. The Bertz CT molecular complexity index is 414. The summed E-state index contributed by atoms with van der Waals surface area (Å²) >= 11 is 1.72. The Hall–Kier alpha value is -0.750. The molecule has 2 unspecified atom stereocenters. The third-order valence-corrected chi connectivity index (χ3v) is 4.52. The van der Waals surface area contributed by atoms with E-state index in [-0.39, 0.29) is 5.69 Å². The summed E-state index contributed by atoms with van der Waals surface area (Å²) in [6.07, 6.45) is 4.79. The van der Waals surface area contributed by atoms with Gasteiger partial charge in [0.05, 0.1) is 0 Å². The first-order valence-corrected chi connectivity index (χ1v) is 7.10. The molecule has 96 valence electrons. The molecule has 1 aliphatic rings. The van der Waals surface area contributed by atoms with Gasteiger partial charge < -0.3 is 5.32 Å². The summed E-state index contributed by atoms with van der Waals surface area (Å²) in [5.74, 6) is 0. The number of hydrogen-bond donors (Lipinski definition) is 2. The molecule has 6 heteroatoms. The van der Waals surface area contributed by atoms with E-state index in [0.29, 0.717) is 11.3 Å². The van der Waals surface area contributed by atoms with E-state index in [9.17, 15) is 4.79 Å². The molecule has 0 saturated heterocycles. The summed E-state index contributed by atoms with van der Waals surface area (Å²) in [6.45, 7) is 3.29. The van der Waals surface area contributed by atoms with Gasteiger partial charge in [0.15, 0.2) is 5.16 Å². The van der Waals surface area contributed by atoms with Gasteiger partial charge in [0, 0.05) is 18.3 Å². The van der Waals surface area contributed by atoms with Gasteiger partial charge in [-0.05, 0) is 32.2 Å². The quantitative estimate of drug-likeness (QED) is 0.829. The Balaban J connectivity index is 1.85. The molecule has 1 fully saturated rings. The third-order valence-electron chi connectivity index (χ3n) is 3.18. The van der Waals surface area contributed by atoms with Gasteiger partial charge >= 0.3 is 5.69 Å². The maximum Gasteiger partial charge on any atom is 0.343 e. The highest BCUT2D eigenvalue weighted by atomic mass is 32.2. The molecule has 0 amide bonds. The van der Waals surface area contributed by atoms with Crippen molar-refractivity contribution in [3.8, 4) is 0 Å². The van der Waals surface area contributed by atoms with Crippen molar-refractivity contribution >= 4 is 11.8 Å². The first kappa shape index (κ1) is 12.7. The lowest BCUT2D eigenvalue weighted by molar-refractivity contribution is 0.524. The number of nitrogens with zero attached hydrogens (tertiary/aromatic N) is 2. The fourth-order valence-electron chi connectivity index (χ4n) is 2.17. The van der Waals surface area contributed by atoms with Crippen LogP contribution in [-0.2, 0) is 7.05 Å². The van der Waals surface area contributed by atoms with Crippen LogP contribution in [0.3, 0.4) is 0 Å². The molecule has 5 nitrogen and oxygen atoms in total. The van der Waals surface area contributed by atoms with E-state index >= 15 is 0 Å². The van der Waals surface area contributed by atoms with Crippen molar-refractivity contribution in [3.05, 3.63) is 10.5 Å². The average molecular weight is 256 g/mol. The van der Waals surface area contributed by atoms with Gasteiger partial charge in [-0.1, -0.05) is 18.7 Å². The molecule has 2 N–H and O–H groups in total. The van der Waals surface area contributed by atoms with E-state index in [1.54, 1.807) is 23.4 Å². The lowest BCUT2D eigenvalue weighted by Gasteiger charge is -2.11. The number of nitrogens with one attached hydrogen (secondary N) is 2. The predicted octanol–water partition coefficient (Wildman–Crippen LogP) is 1.12. The summed E-state index contributed by atoms with van der Waals surface area (Å²) in [7, 11) is 1.76. The molecule has 1 aromatic rings. The second-order valence-electron chi connectivity index (χ2n) is 4.57. The van der Waals surface area contributed by atoms with Crippen molar-refractivity contribution < 1.29 is 0 Å². The topological polar surface area (TPSA) is 62.7 Å². The zero-order valence-electron chi connectivity index (χ0n) is 10.4. The fourth-order valence-corrected chi connectivity index (χ4v) is 3.39. The molecule has 1 saturated carbocycles. The Morgan fingerprint density at radius 2 is 2.41 bits per heavy atom. The van der Waals surface area contributed by atoms with E-state index in [0.717, 1.165) is 11.7 Å². The Labute approximate surface area is 105 Å². The van der Waals surface area contributed by atoms with Crippen LogP contribution in [0.15, 0.2) is 9.95 Å². The van der Waals surface area contributed by atoms with Crippen LogP contribution in [0.25, 0.3) is 0 Å². The molecule has 1 heterocycles. The van der Waals surface area contributed by atoms with E-state index in [1.165, 1.54) is 25.7 Å². The van der Waals surface area contributed by atoms with Crippen LogP contribution >= 0.6 is 11.8 Å². The second kappa shape index (κ2) is 5.73. The smallest absolute Gasteiger partial charge is 0.314 e. The summed E-state index contributed by atoms with van der Waals surface area (Å²) in [5, 5.41) is 11.5. The van der Waals surface area contributed by atoms with Crippen molar-refractivity contribution in [3.63, 3.8) is 0 Å². The predicted molar refractivity (Wildman–Crippen MR) is 69.4 cm³/mol. The molecule has 2 atom stereocenters. The molecule has 0 radical (unpaired) electrons. The van der Waals surface area contributed by atoms with E-state index < -0.39 is 0 Å². The first-order valence-electron chi connectivity index (χ1n) is 6.22. The maximum atomic E-state index is 11.2. The number of rotatable bonds is 5. The Morgan fingerprint density at radius 3 is 3.06 bits per heavy atom. The highest BCUT2D eigenvalue weighted by Gasteiger charge is 2.26. The van der Waals surface area contributed by atoms with Crippen molar-refractivity contribution in [2.45, 2.75) is 49.1 Å². The molecule has 0 aromatic carbocycles. The second-order valence-corrected chi connectivity index (χ2v) is 5.84. The zero-order valence-corrected chi connectivity index (χ0v) is 11.2. The third kappa shape index (κ3) is 3.13. The first-order chi connectivity index (χ1) is 8.20. The number of aromatic nitrogens is 3. The monoisotopic (exact) mass is 256 g/mol. The lowest BCUT2D eigenvalue weighted by atomic mass is 10.2. The van der Waals surface area contributed by atoms with Crippen LogP contribution in [0, 0.1) is 0 Å². The lowest BCUT2D eigenvalue weighted by Crippen LogP contribution is -2.27. The largest absolute Gasteiger partial charge is 0.343 e. The molecule has 0 spiro atoms. The highest BCUT2D eigenvalue weighted by Crippen LogP contribution is 2.33. The minimum absolute atomic E-state index is 0.133. The normalized spacial score (nSPS) is 24.4. The number of aromatic amines is 1. The molecule has 0 bridgehead atoms. The van der Waals surface area contributed by atoms with Gasteiger partial charge in [-0.15, -0.1) is 5.10 Å². The summed E-state index contributed by atoms with van der Waals surface area (Å²) in [5.41, 5.74) is -0.133. The van der Waals surface area contributed by atoms with Gasteiger partial charge in [0.25, 0.3) is 0 Å². The number of H-pyrrole nitrogens is 1. The SMILES string of the molecule is CCCNC1CCC(Sc2n[nH]c(=O)n2C)C1. The van der Waals surface area contributed by atoms with Gasteiger partial charge in [-0.2, -0.15) is 0 Å². The molecule has 1 aromatic heterocycles. The Morgan fingerprint density at radius 1 is 1.59 bits per heavy atom. The summed E-state index contributed by atoms with van der Waals surface area (Å²) in [6, 6.07) is 0.642. The van der Waals surface area contributed by atoms with Gasteiger partial charge in [-0.3, -0.25) is 4.57 Å². The van der Waals surface area contributed by atoms with Crippen LogP contribution in [0.5, 0.6) is 0 Å². The number of thioether (sulfide) groups is 1. The van der Waals surface area contributed by atoms with Gasteiger partial charge in [0.1, 0.15) is 0 Å². The van der Waals surface area contributed by atoms with E-state index in [4.69, 9.17) is 0 Å². The fraction of sp³-hybridized carbons (Fsp3) is 0.818. The summed E-state index contributed by atoms with van der Waals surface area (Å²) in [4.78, 5) is 11.2. The van der Waals surface area contributed by atoms with E-state index in [2.05, 4.69) is 22.4 Å². The summed E-state index contributed by atoms with van der Waals surface area (Å²) < 4.78 is 1.58. The van der Waals surface area contributed by atoms with Crippen molar-refractivity contribution in [1.29, 1.82) is 0 Å². The van der Waals surface area contributed by atoms with Crippen LogP contribution in [-0.4, -0.2) is 32.6 Å². The Kier molecular flexibility index (Phi) is 4.28. The average Bonchev–Trinajstić information content (AvgIpc) is 2.89. The van der Waals surface area contributed by atoms with Gasteiger partial charge in [0.2, 0.25) is 0 Å². The van der Waals surface area contributed by atoms with Crippen molar-refractivity contribution in [2.24, 2.45) is 7.05 Å². The van der Waals surface area contributed by atoms with Gasteiger partial charge in [-0.25, -0.2) is 9.89 Å². The van der Waals surface area contributed by atoms with Crippen molar-refractivity contribution in [2.75, 3.05) is 6.54 Å². The number of hydrogen-bond acceptors (Lipinski definition) is 4. The molecule has 2 rings (SSSR count). The van der Waals surface area contributed by atoms with Crippen molar-refractivity contribution in [1.82, 2.24) is 20.1 Å². The maximum absolute atomic E-state index is 11.2. The minimum atomic E-state index is -0.133. The highest BCUT2D eigenvalue weighted by molar-refractivity contribution is 7.99. The molecular formula is C11H20N4OS.